The molecule has 3 unspecified atom stereocenters. The number of nitrogens with zero attached hydrogens (tertiary/aromatic N) is 1. The van der Waals surface area contributed by atoms with Crippen LogP contribution in [-0.2, 0) is 0 Å². The minimum absolute atomic E-state index is 0.617. The lowest BCUT2D eigenvalue weighted by atomic mass is 9.87. The Kier molecular flexibility index (Phi) is 5.62. The smallest absolute Gasteiger partial charge is 0.00942 e. The first kappa shape index (κ1) is 15.5. The van der Waals surface area contributed by atoms with E-state index in [0.29, 0.717) is 23.9 Å². The molecule has 0 saturated carbocycles. The summed E-state index contributed by atoms with van der Waals surface area (Å²) in [5, 5.41) is 3.83. The summed E-state index contributed by atoms with van der Waals surface area (Å²) in [7, 11) is 2.24. The van der Waals surface area contributed by atoms with Crippen molar-refractivity contribution in [1.29, 1.82) is 0 Å². The van der Waals surface area contributed by atoms with Crippen LogP contribution in [0.2, 0.25) is 0 Å². The predicted molar refractivity (Wildman–Crippen MR) is 87.1 cm³/mol. The van der Waals surface area contributed by atoms with Gasteiger partial charge in [0.2, 0.25) is 0 Å². The molecule has 1 saturated heterocycles. The van der Waals surface area contributed by atoms with E-state index in [4.69, 9.17) is 0 Å². The van der Waals surface area contributed by atoms with E-state index in [2.05, 4.69) is 68.4 Å². The van der Waals surface area contributed by atoms with Gasteiger partial charge >= 0.3 is 0 Å². The molecule has 20 heavy (non-hydrogen) atoms. The maximum absolute atomic E-state index is 3.83. The largest absolute Gasteiger partial charge is 0.313 e. The summed E-state index contributed by atoms with van der Waals surface area (Å²) in [5.41, 5.74) is 1.47. The zero-order valence-electron chi connectivity index (χ0n) is 13.5. The zero-order chi connectivity index (χ0) is 14.5. The van der Waals surface area contributed by atoms with Crippen molar-refractivity contribution in [3.05, 3.63) is 35.9 Å². The Morgan fingerprint density at radius 1 is 1.25 bits per heavy atom. The van der Waals surface area contributed by atoms with Gasteiger partial charge in [0.25, 0.3) is 0 Å². The average Bonchev–Trinajstić information content (AvgIpc) is 2.44. The van der Waals surface area contributed by atoms with Gasteiger partial charge in [-0.3, -0.25) is 0 Å². The van der Waals surface area contributed by atoms with Crippen LogP contribution in [0.5, 0.6) is 0 Å². The van der Waals surface area contributed by atoms with Crippen molar-refractivity contribution in [1.82, 2.24) is 10.2 Å². The molecule has 1 fully saturated rings. The highest BCUT2D eigenvalue weighted by Gasteiger charge is 2.24. The number of nitrogens with one attached hydrogen (secondary N) is 1. The summed E-state index contributed by atoms with van der Waals surface area (Å²) >= 11 is 0. The first-order valence-electron chi connectivity index (χ1n) is 8.06. The molecule has 0 aromatic heterocycles. The van der Waals surface area contributed by atoms with Gasteiger partial charge in [0.05, 0.1) is 0 Å². The number of likely N-dealkylation sites (tertiary alicyclic amines) is 1. The lowest BCUT2D eigenvalue weighted by Gasteiger charge is -2.36. The number of rotatable bonds is 5. The topological polar surface area (TPSA) is 15.3 Å². The van der Waals surface area contributed by atoms with E-state index in [1.165, 1.54) is 24.9 Å². The van der Waals surface area contributed by atoms with Crippen LogP contribution in [0.1, 0.15) is 45.1 Å². The van der Waals surface area contributed by atoms with E-state index in [1.807, 2.05) is 0 Å². The zero-order valence-corrected chi connectivity index (χ0v) is 13.5. The molecule has 1 aliphatic heterocycles. The number of piperidine rings is 1. The van der Waals surface area contributed by atoms with E-state index >= 15 is 0 Å². The first-order valence-corrected chi connectivity index (χ1v) is 8.06. The van der Waals surface area contributed by atoms with Gasteiger partial charge in [-0.2, -0.15) is 0 Å². The molecule has 1 N–H and O–H groups in total. The Hall–Kier alpha value is -0.860. The molecule has 0 aliphatic carbocycles. The van der Waals surface area contributed by atoms with Gasteiger partial charge in [-0.25, -0.2) is 0 Å². The Labute approximate surface area is 124 Å². The fourth-order valence-electron chi connectivity index (χ4n) is 3.21. The summed E-state index contributed by atoms with van der Waals surface area (Å²) in [6.45, 7) is 9.32. The molecule has 112 valence electrons. The Morgan fingerprint density at radius 2 is 1.95 bits per heavy atom. The maximum atomic E-state index is 3.83. The number of benzene rings is 1. The van der Waals surface area contributed by atoms with E-state index in [1.54, 1.807) is 0 Å². The highest BCUT2D eigenvalue weighted by Crippen LogP contribution is 2.24. The standard InChI is InChI=1S/C18H30N2/c1-14(2)18(16-8-6-5-7-9-16)13-19-17-10-11-20(4)15(3)12-17/h5-9,14-15,17-19H,10-13H2,1-4H3. The van der Waals surface area contributed by atoms with Crippen molar-refractivity contribution >= 4 is 0 Å². The van der Waals surface area contributed by atoms with E-state index in [9.17, 15) is 0 Å². The summed E-state index contributed by atoms with van der Waals surface area (Å²) in [6.07, 6.45) is 2.55. The van der Waals surface area contributed by atoms with Crippen LogP contribution in [0, 0.1) is 5.92 Å². The number of hydrogen-bond acceptors (Lipinski definition) is 2. The summed E-state index contributed by atoms with van der Waals surface area (Å²) in [6, 6.07) is 12.3. The minimum atomic E-state index is 0.617. The van der Waals surface area contributed by atoms with Crippen LogP contribution in [0.25, 0.3) is 0 Å². The second-order valence-electron chi connectivity index (χ2n) is 6.72. The van der Waals surface area contributed by atoms with Crippen LogP contribution in [0.15, 0.2) is 30.3 Å². The summed E-state index contributed by atoms with van der Waals surface area (Å²) in [4.78, 5) is 2.47. The fourth-order valence-corrected chi connectivity index (χ4v) is 3.21. The molecule has 2 heteroatoms. The van der Waals surface area contributed by atoms with Gasteiger partial charge in [0.1, 0.15) is 0 Å². The lowest BCUT2D eigenvalue weighted by Crippen LogP contribution is -2.46. The van der Waals surface area contributed by atoms with Gasteiger partial charge in [-0.05, 0) is 50.8 Å². The Bertz CT molecular complexity index is 388. The molecule has 1 heterocycles. The molecule has 1 aromatic rings. The van der Waals surface area contributed by atoms with Crippen molar-refractivity contribution in [3.63, 3.8) is 0 Å². The van der Waals surface area contributed by atoms with Crippen LogP contribution >= 0.6 is 0 Å². The molecule has 3 atom stereocenters. The highest BCUT2D eigenvalue weighted by atomic mass is 15.1. The Balaban J connectivity index is 1.90. The first-order chi connectivity index (χ1) is 9.58. The second kappa shape index (κ2) is 7.24. The van der Waals surface area contributed by atoms with Crippen molar-refractivity contribution < 1.29 is 0 Å². The quantitative estimate of drug-likeness (QED) is 0.884. The van der Waals surface area contributed by atoms with E-state index < -0.39 is 0 Å². The van der Waals surface area contributed by atoms with Gasteiger partial charge in [0.15, 0.2) is 0 Å². The van der Waals surface area contributed by atoms with Crippen molar-refractivity contribution in [2.45, 2.75) is 51.6 Å². The second-order valence-corrected chi connectivity index (χ2v) is 6.72. The normalized spacial score (nSPS) is 25.9. The van der Waals surface area contributed by atoms with E-state index in [-0.39, 0.29) is 0 Å². The fraction of sp³-hybridized carbons (Fsp3) is 0.667. The van der Waals surface area contributed by atoms with Gasteiger partial charge in [-0.15, -0.1) is 0 Å². The Morgan fingerprint density at radius 3 is 2.55 bits per heavy atom. The molecule has 0 amide bonds. The SMILES string of the molecule is CC(C)C(CNC1CCN(C)C(C)C1)c1ccccc1. The molecular weight excluding hydrogens is 244 g/mol. The molecule has 0 radical (unpaired) electrons. The molecule has 2 nitrogen and oxygen atoms in total. The van der Waals surface area contributed by atoms with Gasteiger partial charge in [0, 0.05) is 18.6 Å². The molecule has 0 bridgehead atoms. The van der Waals surface area contributed by atoms with Crippen LogP contribution in [-0.4, -0.2) is 37.1 Å². The van der Waals surface area contributed by atoms with Gasteiger partial charge < -0.3 is 10.2 Å². The van der Waals surface area contributed by atoms with Crippen LogP contribution < -0.4 is 5.32 Å². The van der Waals surface area contributed by atoms with Crippen molar-refractivity contribution in [3.8, 4) is 0 Å². The third-order valence-corrected chi connectivity index (χ3v) is 4.87. The average molecular weight is 274 g/mol. The maximum Gasteiger partial charge on any atom is 0.00942 e. The van der Waals surface area contributed by atoms with Crippen molar-refractivity contribution in [2.75, 3.05) is 20.1 Å². The molecular formula is C18H30N2. The highest BCUT2D eigenvalue weighted by molar-refractivity contribution is 5.20. The number of hydrogen-bond donors (Lipinski definition) is 1. The summed E-state index contributed by atoms with van der Waals surface area (Å²) in [5.74, 6) is 1.29. The van der Waals surface area contributed by atoms with E-state index in [0.717, 1.165) is 6.54 Å². The third kappa shape index (κ3) is 4.07. The molecule has 1 aromatic carbocycles. The minimum Gasteiger partial charge on any atom is -0.313 e. The predicted octanol–water partition coefficient (Wildman–Crippen LogP) is 3.50. The summed E-state index contributed by atoms with van der Waals surface area (Å²) < 4.78 is 0. The molecule has 1 aliphatic rings. The lowest BCUT2D eigenvalue weighted by molar-refractivity contribution is 0.166. The molecule has 0 spiro atoms. The van der Waals surface area contributed by atoms with Crippen LogP contribution in [0.3, 0.4) is 0 Å². The monoisotopic (exact) mass is 274 g/mol. The third-order valence-electron chi connectivity index (χ3n) is 4.87. The molecule has 2 rings (SSSR count). The van der Waals surface area contributed by atoms with Gasteiger partial charge in [-0.1, -0.05) is 44.2 Å². The van der Waals surface area contributed by atoms with Crippen molar-refractivity contribution in [2.24, 2.45) is 5.92 Å². The van der Waals surface area contributed by atoms with Crippen LogP contribution in [0.4, 0.5) is 0 Å².